The van der Waals surface area contributed by atoms with Gasteiger partial charge in [-0.15, -0.1) is 0 Å². The van der Waals surface area contributed by atoms with Crippen molar-refractivity contribution < 1.29 is 23.1 Å². The average Bonchev–Trinajstić information content (AvgIpc) is 2.33. The molecule has 0 radical (unpaired) electrons. The van der Waals surface area contributed by atoms with Crippen molar-refractivity contribution in [3.05, 3.63) is 12.2 Å². The van der Waals surface area contributed by atoms with E-state index >= 15 is 0 Å². The van der Waals surface area contributed by atoms with Crippen molar-refractivity contribution in [2.75, 3.05) is 5.75 Å². The number of aliphatic carboxylic acids is 1. The largest absolute Gasteiger partial charge is 0.480 e. The van der Waals surface area contributed by atoms with Gasteiger partial charge in [-0.1, -0.05) is 18.6 Å². The van der Waals surface area contributed by atoms with Crippen LogP contribution in [0.15, 0.2) is 12.2 Å². The van der Waals surface area contributed by atoms with E-state index in [9.17, 15) is 18.0 Å². The normalized spacial score (nSPS) is 23.9. The van der Waals surface area contributed by atoms with Crippen LogP contribution in [0.5, 0.6) is 0 Å². The van der Waals surface area contributed by atoms with Crippen LogP contribution in [-0.4, -0.2) is 42.4 Å². The minimum atomic E-state index is -3.44. The number of nitrogens with one attached hydrogen (secondary N) is 1. The van der Waals surface area contributed by atoms with Gasteiger partial charge < -0.3 is 10.4 Å². The summed E-state index contributed by atoms with van der Waals surface area (Å²) in [5, 5.41) is 10.2. The molecule has 0 aromatic carbocycles. The Balaban J connectivity index is 2.73. The summed E-state index contributed by atoms with van der Waals surface area (Å²) in [6.45, 7) is 1.74. The van der Waals surface area contributed by atoms with E-state index in [1.165, 1.54) is 0 Å². The second-order valence-corrected chi connectivity index (χ2v) is 6.86. The summed E-state index contributed by atoms with van der Waals surface area (Å²) in [7, 11) is -3.44. The lowest BCUT2D eigenvalue weighted by molar-refractivity contribution is -0.141. The van der Waals surface area contributed by atoms with Crippen molar-refractivity contribution in [1.82, 2.24) is 5.32 Å². The zero-order valence-corrected chi connectivity index (χ0v) is 11.6. The van der Waals surface area contributed by atoms with Gasteiger partial charge in [-0.3, -0.25) is 4.79 Å². The van der Waals surface area contributed by atoms with Crippen LogP contribution < -0.4 is 5.32 Å². The Kier molecular flexibility index (Phi) is 5.53. The molecule has 2 atom stereocenters. The molecule has 1 rings (SSSR count). The molecule has 1 aliphatic heterocycles. The molecule has 0 spiro atoms. The molecule has 0 aromatic heterocycles. The van der Waals surface area contributed by atoms with Gasteiger partial charge in [0.1, 0.15) is 11.3 Å². The first-order chi connectivity index (χ1) is 8.88. The summed E-state index contributed by atoms with van der Waals surface area (Å²) in [6, 6.07) is -1.08. The highest BCUT2D eigenvalue weighted by atomic mass is 32.2. The van der Waals surface area contributed by atoms with Crippen LogP contribution in [0.3, 0.4) is 0 Å². The van der Waals surface area contributed by atoms with Crippen molar-refractivity contribution in [2.24, 2.45) is 0 Å². The standard InChI is InChI=1S/C12H19NO5S/c1-2-3-6-9(12(15)16)13-11(14)10-7-4-5-8-19(10,17)18/h2-3,9-10H,4-8H2,1H3,(H,13,14)(H,15,16)/b3-2+. The molecule has 0 aromatic rings. The molecule has 0 bridgehead atoms. The van der Waals surface area contributed by atoms with Crippen LogP contribution >= 0.6 is 0 Å². The van der Waals surface area contributed by atoms with E-state index in [1.54, 1.807) is 19.1 Å². The van der Waals surface area contributed by atoms with E-state index in [2.05, 4.69) is 5.32 Å². The highest BCUT2D eigenvalue weighted by Gasteiger charge is 2.36. The number of carboxylic acids is 1. The van der Waals surface area contributed by atoms with Crippen molar-refractivity contribution in [3.63, 3.8) is 0 Å². The third kappa shape index (κ3) is 4.34. The lowest BCUT2D eigenvalue weighted by atomic mass is 10.1. The topological polar surface area (TPSA) is 101 Å². The van der Waals surface area contributed by atoms with Gasteiger partial charge in [0.25, 0.3) is 0 Å². The Bertz CT molecular complexity index is 469. The fourth-order valence-electron chi connectivity index (χ4n) is 2.01. The van der Waals surface area contributed by atoms with E-state index < -0.39 is 33.0 Å². The van der Waals surface area contributed by atoms with Crippen molar-refractivity contribution in [3.8, 4) is 0 Å². The number of amides is 1. The maximum absolute atomic E-state index is 11.9. The van der Waals surface area contributed by atoms with Gasteiger partial charge in [-0.2, -0.15) is 0 Å². The molecule has 1 saturated heterocycles. The molecule has 2 N–H and O–H groups in total. The smallest absolute Gasteiger partial charge is 0.326 e. The van der Waals surface area contributed by atoms with Gasteiger partial charge in [0.05, 0.1) is 5.75 Å². The number of allylic oxidation sites excluding steroid dienone is 1. The molecule has 1 amide bonds. The molecule has 0 saturated carbocycles. The van der Waals surface area contributed by atoms with E-state index in [1.807, 2.05) is 0 Å². The molecule has 108 valence electrons. The summed E-state index contributed by atoms with van der Waals surface area (Å²) in [4.78, 5) is 22.9. The minimum Gasteiger partial charge on any atom is -0.480 e. The van der Waals surface area contributed by atoms with Crippen molar-refractivity contribution in [2.45, 2.75) is 43.9 Å². The highest BCUT2D eigenvalue weighted by molar-refractivity contribution is 7.92. The monoisotopic (exact) mass is 289 g/mol. The van der Waals surface area contributed by atoms with Crippen LogP contribution in [0, 0.1) is 0 Å². The Morgan fingerprint density at radius 2 is 2.11 bits per heavy atom. The third-order valence-electron chi connectivity index (χ3n) is 3.09. The van der Waals surface area contributed by atoms with Gasteiger partial charge in [-0.25, -0.2) is 13.2 Å². The predicted octanol–water partition coefficient (Wildman–Crippen LogP) is 0.489. The molecular weight excluding hydrogens is 270 g/mol. The summed E-state index contributed by atoms with van der Waals surface area (Å²) in [6.07, 6.45) is 4.94. The van der Waals surface area contributed by atoms with Crippen molar-refractivity contribution >= 4 is 21.7 Å². The fourth-order valence-corrected chi connectivity index (χ4v) is 3.82. The first-order valence-electron chi connectivity index (χ1n) is 6.24. The molecule has 1 heterocycles. The Labute approximate surface area is 112 Å². The first-order valence-corrected chi connectivity index (χ1v) is 7.96. The summed E-state index contributed by atoms with van der Waals surface area (Å²) >= 11 is 0. The quantitative estimate of drug-likeness (QED) is 0.717. The average molecular weight is 289 g/mol. The number of carboxylic acid groups (broad SMARTS) is 1. The van der Waals surface area contributed by atoms with Gasteiger partial charge >= 0.3 is 5.97 Å². The Hall–Kier alpha value is -1.37. The fraction of sp³-hybridized carbons (Fsp3) is 0.667. The van der Waals surface area contributed by atoms with E-state index in [4.69, 9.17) is 5.11 Å². The lowest BCUT2D eigenvalue weighted by Gasteiger charge is -2.23. The van der Waals surface area contributed by atoms with Crippen LogP contribution in [-0.2, 0) is 19.4 Å². The van der Waals surface area contributed by atoms with Gasteiger partial charge in [0.15, 0.2) is 9.84 Å². The number of hydrogen-bond donors (Lipinski definition) is 2. The first kappa shape index (κ1) is 15.7. The van der Waals surface area contributed by atoms with Crippen LogP contribution in [0.2, 0.25) is 0 Å². The van der Waals surface area contributed by atoms with Crippen LogP contribution in [0.4, 0.5) is 0 Å². The zero-order chi connectivity index (χ0) is 14.5. The van der Waals surface area contributed by atoms with Crippen LogP contribution in [0.25, 0.3) is 0 Å². The van der Waals surface area contributed by atoms with E-state index in [-0.39, 0.29) is 18.6 Å². The summed E-state index contributed by atoms with van der Waals surface area (Å²) in [5.41, 5.74) is 0. The molecule has 19 heavy (non-hydrogen) atoms. The lowest BCUT2D eigenvalue weighted by Crippen LogP contribution is -2.49. The maximum atomic E-state index is 11.9. The van der Waals surface area contributed by atoms with Gasteiger partial charge in [-0.05, 0) is 26.2 Å². The zero-order valence-electron chi connectivity index (χ0n) is 10.8. The van der Waals surface area contributed by atoms with Gasteiger partial charge in [0, 0.05) is 0 Å². The van der Waals surface area contributed by atoms with Crippen molar-refractivity contribution in [1.29, 1.82) is 0 Å². The summed E-state index contributed by atoms with van der Waals surface area (Å²) < 4.78 is 23.5. The van der Waals surface area contributed by atoms with E-state index in [0.29, 0.717) is 12.8 Å². The number of carbonyl (C=O) groups excluding carboxylic acids is 1. The second-order valence-electron chi connectivity index (χ2n) is 4.56. The second kappa shape index (κ2) is 6.70. The number of hydrogen-bond acceptors (Lipinski definition) is 4. The molecule has 7 heteroatoms. The molecule has 6 nitrogen and oxygen atoms in total. The third-order valence-corrected chi connectivity index (χ3v) is 5.27. The highest BCUT2D eigenvalue weighted by Crippen LogP contribution is 2.19. The molecular formula is C12H19NO5S. The minimum absolute atomic E-state index is 0.00229. The summed E-state index contributed by atoms with van der Waals surface area (Å²) in [5.74, 6) is -1.87. The molecule has 1 fully saturated rings. The van der Waals surface area contributed by atoms with Gasteiger partial charge in [0.2, 0.25) is 5.91 Å². The van der Waals surface area contributed by atoms with E-state index in [0.717, 1.165) is 0 Å². The van der Waals surface area contributed by atoms with Crippen LogP contribution in [0.1, 0.15) is 32.6 Å². The Morgan fingerprint density at radius 3 is 2.63 bits per heavy atom. The number of rotatable bonds is 5. The predicted molar refractivity (Wildman–Crippen MR) is 70.4 cm³/mol. The Morgan fingerprint density at radius 1 is 1.42 bits per heavy atom. The SMILES string of the molecule is C/C=C/CC(NC(=O)C1CCCCS1(=O)=O)C(=O)O. The molecule has 1 aliphatic rings. The maximum Gasteiger partial charge on any atom is 0.326 e. The number of sulfone groups is 1. The number of carbonyl (C=O) groups is 2. The molecule has 2 unspecified atom stereocenters. The molecule has 0 aliphatic carbocycles.